The van der Waals surface area contributed by atoms with Crippen molar-refractivity contribution in [1.82, 2.24) is 15.3 Å². The molecule has 4 N–H and O–H groups in total. The third kappa shape index (κ3) is 5.02. The number of nitrogens with two attached hydrogens (primary N) is 1. The Morgan fingerprint density at radius 1 is 1.17 bits per heavy atom. The van der Waals surface area contributed by atoms with Gasteiger partial charge in [0.1, 0.15) is 5.82 Å². The Bertz CT molecular complexity index is 897. The van der Waals surface area contributed by atoms with Crippen LogP contribution >= 0.6 is 24.8 Å². The first kappa shape index (κ1) is 23.0. The van der Waals surface area contributed by atoms with Crippen LogP contribution in [0.15, 0.2) is 18.2 Å². The largest absolute Gasteiger partial charge is 0.399 e. The molecular formula is C20H27Cl2N7. The van der Waals surface area contributed by atoms with Gasteiger partial charge in [0.15, 0.2) is 0 Å². The fourth-order valence-electron chi connectivity index (χ4n) is 4.05. The van der Waals surface area contributed by atoms with Crippen molar-refractivity contribution in [3.8, 4) is 6.07 Å². The standard InChI is InChI=1S/C20H25N7.2ClH/c1-23-15-4-3-7-27(12-15)19-17-5-2-6-18(17)25-20(26-19)24-16-9-13(11-21)8-14(22)10-16;;/h8-10,15,23H,2-7,12,22H2,1H3,(H,24,25,26);2*1H. The fraction of sp³-hybridized carbons (Fsp3) is 0.450. The summed E-state index contributed by atoms with van der Waals surface area (Å²) >= 11 is 0. The maximum absolute atomic E-state index is 9.16. The number of nitriles is 1. The molecule has 29 heavy (non-hydrogen) atoms. The molecule has 4 rings (SSSR count). The summed E-state index contributed by atoms with van der Waals surface area (Å²) in [5, 5.41) is 15.8. The minimum atomic E-state index is 0. The van der Waals surface area contributed by atoms with Crippen LogP contribution in [0, 0.1) is 11.3 Å². The van der Waals surface area contributed by atoms with Gasteiger partial charge in [-0.2, -0.15) is 10.2 Å². The fourth-order valence-corrected chi connectivity index (χ4v) is 4.05. The summed E-state index contributed by atoms with van der Waals surface area (Å²) in [6, 6.07) is 7.86. The van der Waals surface area contributed by atoms with E-state index in [0.717, 1.165) is 56.0 Å². The average Bonchev–Trinajstić information content (AvgIpc) is 3.15. The Balaban J connectivity index is 0.00000150. The molecule has 1 atom stereocenters. The van der Waals surface area contributed by atoms with Gasteiger partial charge in [0.25, 0.3) is 0 Å². The van der Waals surface area contributed by atoms with E-state index in [1.807, 2.05) is 7.05 Å². The molecule has 0 saturated carbocycles. The number of benzene rings is 1. The zero-order valence-electron chi connectivity index (χ0n) is 16.4. The van der Waals surface area contributed by atoms with Crippen molar-refractivity contribution in [2.45, 2.75) is 38.1 Å². The lowest BCUT2D eigenvalue weighted by Gasteiger charge is -2.34. The van der Waals surface area contributed by atoms with Gasteiger partial charge in [-0.3, -0.25) is 0 Å². The molecule has 2 aliphatic rings. The molecule has 0 radical (unpaired) electrons. The van der Waals surface area contributed by atoms with Crippen molar-refractivity contribution in [2.24, 2.45) is 0 Å². The molecule has 1 saturated heterocycles. The van der Waals surface area contributed by atoms with Gasteiger partial charge in [0, 0.05) is 36.1 Å². The second kappa shape index (κ2) is 9.97. The van der Waals surface area contributed by atoms with E-state index in [1.54, 1.807) is 18.2 Å². The van der Waals surface area contributed by atoms with E-state index in [9.17, 15) is 0 Å². The molecule has 0 amide bonds. The van der Waals surface area contributed by atoms with Crippen LogP contribution < -0.4 is 21.3 Å². The van der Waals surface area contributed by atoms with Crippen molar-refractivity contribution >= 4 is 48.0 Å². The van der Waals surface area contributed by atoms with E-state index >= 15 is 0 Å². The predicted molar refractivity (Wildman–Crippen MR) is 122 cm³/mol. The molecule has 2 heterocycles. The highest BCUT2D eigenvalue weighted by molar-refractivity contribution is 5.85. The van der Waals surface area contributed by atoms with Gasteiger partial charge in [-0.05, 0) is 57.4 Å². The third-order valence-corrected chi connectivity index (χ3v) is 5.38. The van der Waals surface area contributed by atoms with E-state index in [-0.39, 0.29) is 24.8 Å². The van der Waals surface area contributed by atoms with E-state index in [4.69, 9.17) is 21.0 Å². The summed E-state index contributed by atoms with van der Waals surface area (Å²) in [5.41, 5.74) is 10.1. The van der Waals surface area contributed by atoms with E-state index in [2.05, 4.69) is 21.6 Å². The van der Waals surface area contributed by atoms with Crippen molar-refractivity contribution in [2.75, 3.05) is 36.1 Å². The SMILES string of the molecule is CNC1CCCN(c2nc(Nc3cc(N)cc(C#N)c3)nc3c2CCC3)C1.Cl.Cl. The van der Waals surface area contributed by atoms with Crippen LogP contribution in [-0.4, -0.2) is 36.1 Å². The second-order valence-electron chi connectivity index (χ2n) is 7.30. The van der Waals surface area contributed by atoms with Crippen molar-refractivity contribution in [1.29, 1.82) is 5.26 Å². The third-order valence-electron chi connectivity index (χ3n) is 5.38. The molecule has 1 aliphatic heterocycles. The Morgan fingerprint density at radius 2 is 2.00 bits per heavy atom. The smallest absolute Gasteiger partial charge is 0.229 e. The van der Waals surface area contributed by atoms with Gasteiger partial charge in [0.05, 0.1) is 17.3 Å². The van der Waals surface area contributed by atoms with Crippen LogP contribution in [0.4, 0.5) is 23.1 Å². The van der Waals surface area contributed by atoms with E-state index < -0.39 is 0 Å². The number of piperidine rings is 1. The Hall–Kier alpha value is -2.27. The number of nitrogens with zero attached hydrogens (tertiary/aromatic N) is 4. The molecule has 1 fully saturated rings. The number of fused-ring (bicyclic) bond motifs is 1. The number of likely N-dealkylation sites (N-methyl/N-ethyl adjacent to an activating group) is 1. The summed E-state index contributed by atoms with van der Waals surface area (Å²) in [4.78, 5) is 12.0. The second-order valence-corrected chi connectivity index (χ2v) is 7.30. The zero-order chi connectivity index (χ0) is 18.8. The lowest BCUT2D eigenvalue weighted by atomic mass is 10.1. The zero-order valence-corrected chi connectivity index (χ0v) is 18.1. The van der Waals surface area contributed by atoms with Gasteiger partial charge in [-0.25, -0.2) is 4.98 Å². The van der Waals surface area contributed by atoms with E-state index in [1.165, 1.54) is 12.0 Å². The van der Waals surface area contributed by atoms with Gasteiger partial charge in [-0.1, -0.05) is 0 Å². The predicted octanol–water partition coefficient (Wildman–Crippen LogP) is 3.19. The average molecular weight is 436 g/mol. The molecular weight excluding hydrogens is 409 g/mol. The van der Waals surface area contributed by atoms with Gasteiger partial charge in [0.2, 0.25) is 5.95 Å². The number of rotatable bonds is 4. The first-order valence-electron chi connectivity index (χ1n) is 9.56. The van der Waals surface area contributed by atoms with Gasteiger partial charge >= 0.3 is 0 Å². The topological polar surface area (TPSA) is 103 Å². The van der Waals surface area contributed by atoms with Crippen LogP contribution in [0.2, 0.25) is 0 Å². The molecule has 1 unspecified atom stereocenters. The summed E-state index contributed by atoms with van der Waals surface area (Å²) in [6.07, 6.45) is 5.52. The monoisotopic (exact) mass is 435 g/mol. The molecule has 9 heteroatoms. The number of hydrogen-bond acceptors (Lipinski definition) is 7. The Morgan fingerprint density at radius 3 is 2.76 bits per heavy atom. The van der Waals surface area contributed by atoms with Crippen molar-refractivity contribution in [3.05, 3.63) is 35.0 Å². The quantitative estimate of drug-likeness (QED) is 0.633. The first-order chi connectivity index (χ1) is 13.2. The highest BCUT2D eigenvalue weighted by atomic mass is 35.5. The van der Waals surface area contributed by atoms with Gasteiger partial charge in [-0.15, -0.1) is 24.8 Å². The Kier molecular flexibility index (Phi) is 7.91. The number of aryl methyl sites for hydroxylation is 1. The summed E-state index contributed by atoms with van der Waals surface area (Å²) in [7, 11) is 2.03. The lowest BCUT2D eigenvalue weighted by molar-refractivity contribution is 0.447. The molecule has 156 valence electrons. The minimum absolute atomic E-state index is 0. The molecule has 1 aromatic carbocycles. The van der Waals surface area contributed by atoms with Gasteiger partial charge < -0.3 is 21.3 Å². The molecule has 1 aromatic heterocycles. The molecule has 1 aliphatic carbocycles. The number of nitrogen functional groups attached to an aromatic ring is 1. The molecule has 2 aromatic rings. The maximum atomic E-state index is 9.16. The lowest BCUT2D eigenvalue weighted by Crippen LogP contribution is -2.45. The number of halogens is 2. The number of aromatic nitrogens is 2. The van der Waals surface area contributed by atoms with E-state index in [0.29, 0.717) is 23.2 Å². The number of anilines is 4. The maximum Gasteiger partial charge on any atom is 0.229 e. The van der Waals surface area contributed by atoms with Crippen molar-refractivity contribution in [3.63, 3.8) is 0 Å². The first-order valence-corrected chi connectivity index (χ1v) is 9.56. The normalized spacial score (nSPS) is 17.5. The van der Waals surface area contributed by atoms with Crippen LogP contribution in [0.3, 0.4) is 0 Å². The van der Waals surface area contributed by atoms with Crippen LogP contribution in [0.1, 0.15) is 36.1 Å². The highest BCUT2D eigenvalue weighted by Crippen LogP contribution is 2.32. The Labute approximate surface area is 183 Å². The molecule has 7 nitrogen and oxygen atoms in total. The molecule has 0 spiro atoms. The number of hydrogen-bond donors (Lipinski definition) is 3. The van der Waals surface area contributed by atoms with Crippen molar-refractivity contribution < 1.29 is 0 Å². The summed E-state index contributed by atoms with van der Waals surface area (Å²) < 4.78 is 0. The van der Waals surface area contributed by atoms with Crippen LogP contribution in [0.5, 0.6) is 0 Å². The van der Waals surface area contributed by atoms with Crippen LogP contribution in [0.25, 0.3) is 0 Å². The van der Waals surface area contributed by atoms with Crippen LogP contribution in [-0.2, 0) is 12.8 Å². The highest BCUT2D eigenvalue weighted by Gasteiger charge is 2.26. The molecule has 0 bridgehead atoms. The number of nitrogens with one attached hydrogen (secondary N) is 2. The minimum Gasteiger partial charge on any atom is -0.399 e. The summed E-state index contributed by atoms with van der Waals surface area (Å²) in [6.45, 7) is 1.99. The summed E-state index contributed by atoms with van der Waals surface area (Å²) in [5.74, 6) is 1.64.